The highest BCUT2D eigenvalue weighted by atomic mass is 79.9. The van der Waals surface area contributed by atoms with Crippen LogP contribution in [-0.2, 0) is 0 Å². The molecular formula is C18H11BrFN. The summed E-state index contributed by atoms with van der Waals surface area (Å²) in [6, 6.07) is 21.1. The van der Waals surface area contributed by atoms with Crippen LogP contribution in [0, 0.1) is 5.82 Å². The molecule has 1 heterocycles. The SMILES string of the molecule is Fc1cccc(-n2c3ccccc3c3ccc(Br)cc32)c1. The summed E-state index contributed by atoms with van der Waals surface area (Å²) in [4.78, 5) is 0. The Kier molecular flexibility index (Phi) is 2.82. The van der Waals surface area contributed by atoms with Gasteiger partial charge in [-0.15, -0.1) is 0 Å². The van der Waals surface area contributed by atoms with Gasteiger partial charge in [0, 0.05) is 20.9 Å². The molecule has 0 aliphatic rings. The van der Waals surface area contributed by atoms with Crippen molar-refractivity contribution in [2.24, 2.45) is 0 Å². The number of hydrogen-bond donors (Lipinski definition) is 0. The number of para-hydroxylation sites is 1. The van der Waals surface area contributed by atoms with E-state index in [1.165, 1.54) is 11.5 Å². The molecule has 0 radical (unpaired) electrons. The Morgan fingerprint density at radius 2 is 1.57 bits per heavy atom. The Labute approximate surface area is 129 Å². The molecule has 0 aliphatic heterocycles. The van der Waals surface area contributed by atoms with E-state index in [0.717, 1.165) is 26.6 Å². The molecule has 0 N–H and O–H groups in total. The molecule has 0 atom stereocenters. The molecule has 0 unspecified atom stereocenters. The molecule has 21 heavy (non-hydrogen) atoms. The maximum Gasteiger partial charge on any atom is 0.125 e. The summed E-state index contributed by atoms with van der Waals surface area (Å²) >= 11 is 3.52. The van der Waals surface area contributed by atoms with Gasteiger partial charge in [0.1, 0.15) is 5.82 Å². The van der Waals surface area contributed by atoms with Gasteiger partial charge in [-0.25, -0.2) is 4.39 Å². The number of rotatable bonds is 1. The first-order valence-electron chi connectivity index (χ1n) is 6.69. The van der Waals surface area contributed by atoms with E-state index >= 15 is 0 Å². The molecule has 0 aliphatic carbocycles. The molecule has 0 spiro atoms. The summed E-state index contributed by atoms with van der Waals surface area (Å²) in [7, 11) is 0. The predicted octanol–water partition coefficient (Wildman–Crippen LogP) is 5.69. The average molecular weight is 340 g/mol. The summed E-state index contributed by atoms with van der Waals surface area (Å²) in [6.07, 6.45) is 0. The summed E-state index contributed by atoms with van der Waals surface area (Å²) < 4.78 is 16.7. The van der Waals surface area contributed by atoms with Gasteiger partial charge < -0.3 is 4.57 Å². The van der Waals surface area contributed by atoms with Gasteiger partial charge in [-0.3, -0.25) is 0 Å². The minimum atomic E-state index is -0.228. The first-order chi connectivity index (χ1) is 10.2. The van der Waals surface area contributed by atoms with Gasteiger partial charge in [-0.2, -0.15) is 0 Å². The van der Waals surface area contributed by atoms with Gasteiger partial charge in [0.25, 0.3) is 0 Å². The van der Waals surface area contributed by atoms with Crippen molar-refractivity contribution in [1.29, 1.82) is 0 Å². The van der Waals surface area contributed by atoms with Gasteiger partial charge >= 0.3 is 0 Å². The van der Waals surface area contributed by atoms with Gasteiger partial charge in [0.15, 0.2) is 0 Å². The van der Waals surface area contributed by atoms with E-state index in [0.29, 0.717) is 0 Å². The minimum Gasteiger partial charge on any atom is -0.309 e. The van der Waals surface area contributed by atoms with Crippen molar-refractivity contribution in [1.82, 2.24) is 4.57 Å². The van der Waals surface area contributed by atoms with E-state index in [1.54, 1.807) is 12.1 Å². The average Bonchev–Trinajstić information content (AvgIpc) is 2.80. The van der Waals surface area contributed by atoms with Crippen LogP contribution in [0.2, 0.25) is 0 Å². The number of fused-ring (bicyclic) bond motifs is 3. The van der Waals surface area contributed by atoms with Crippen LogP contribution >= 0.6 is 15.9 Å². The molecule has 4 rings (SSSR count). The highest BCUT2D eigenvalue weighted by Crippen LogP contribution is 2.33. The Morgan fingerprint density at radius 1 is 0.762 bits per heavy atom. The Balaban J connectivity index is 2.21. The van der Waals surface area contributed by atoms with Crippen LogP contribution in [0.1, 0.15) is 0 Å². The lowest BCUT2D eigenvalue weighted by Crippen LogP contribution is -1.94. The van der Waals surface area contributed by atoms with Crippen LogP contribution < -0.4 is 0 Å². The van der Waals surface area contributed by atoms with E-state index in [1.807, 2.05) is 24.3 Å². The number of aromatic nitrogens is 1. The first kappa shape index (κ1) is 12.6. The summed E-state index contributed by atoms with van der Waals surface area (Å²) in [5, 5.41) is 2.34. The number of halogens is 2. The van der Waals surface area contributed by atoms with Crippen molar-refractivity contribution in [3.8, 4) is 5.69 Å². The quantitative estimate of drug-likeness (QED) is 0.420. The molecule has 3 aromatic carbocycles. The van der Waals surface area contributed by atoms with Crippen LogP contribution in [0.25, 0.3) is 27.5 Å². The molecule has 0 fully saturated rings. The van der Waals surface area contributed by atoms with E-state index in [2.05, 4.69) is 44.8 Å². The minimum absolute atomic E-state index is 0.228. The highest BCUT2D eigenvalue weighted by molar-refractivity contribution is 9.10. The lowest BCUT2D eigenvalue weighted by Gasteiger charge is -2.07. The van der Waals surface area contributed by atoms with Crippen molar-refractivity contribution in [2.45, 2.75) is 0 Å². The fourth-order valence-electron chi connectivity index (χ4n) is 2.84. The van der Waals surface area contributed by atoms with Crippen LogP contribution in [0.3, 0.4) is 0 Å². The predicted molar refractivity (Wildman–Crippen MR) is 88.4 cm³/mol. The molecule has 3 heteroatoms. The number of hydrogen-bond acceptors (Lipinski definition) is 0. The van der Waals surface area contributed by atoms with Gasteiger partial charge in [0.05, 0.1) is 11.0 Å². The molecule has 1 aromatic heterocycles. The molecule has 0 bridgehead atoms. The van der Waals surface area contributed by atoms with E-state index < -0.39 is 0 Å². The van der Waals surface area contributed by atoms with Crippen molar-refractivity contribution in [2.75, 3.05) is 0 Å². The van der Waals surface area contributed by atoms with Crippen LogP contribution in [0.5, 0.6) is 0 Å². The highest BCUT2D eigenvalue weighted by Gasteiger charge is 2.12. The summed E-state index contributed by atoms with van der Waals surface area (Å²) in [5.41, 5.74) is 2.98. The number of benzene rings is 3. The van der Waals surface area contributed by atoms with E-state index in [4.69, 9.17) is 0 Å². The standard InChI is InChI=1S/C18H11BrFN/c19-12-8-9-16-15-6-1-2-7-17(15)21(18(16)10-12)14-5-3-4-13(20)11-14/h1-11H. The zero-order chi connectivity index (χ0) is 14.4. The second-order valence-electron chi connectivity index (χ2n) is 4.99. The number of nitrogens with zero attached hydrogens (tertiary/aromatic N) is 1. The van der Waals surface area contributed by atoms with Gasteiger partial charge in [-0.1, -0.05) is 46.3 Å². The first-order valence-corrected chi connectivity index (χ1v) is 7.48. The lowest BCUT2D eigenvalue weighted by molar-refractivity contribution is 0.627. The molecule has 102 valence electrons. The zero-order valence-electron chi connectivity index (χ0n) is 11.1. The normalized spacial score (nSPS) is 11.3. The Hall–Kier alpha value is -2.13. The maximum absolute atomic E-state index is 13.6. The summed E-state index contributed by atoms with van der Waals surface area (Å²) in [6.45, 7) is 0. The molecule has 0 saturated heterocycles. The maximum atomic E-state index is 13.6. The van der Waals surface area contributed by atoms with Crippen LogP contribution in [-0.4, -0.2) is 4.57 Å². The van der Waals surface area contributed by atoms with Crippen molar-refractivity contribution in [3.63, 3.8) is 0 Å². The lowest BCUT2D eigenvalue weighted by atomic mass is 10.2. The second-order valence-corrected chi connectivity index (χ2v) is 5.91. The molecule has 1 nitrogen and oxygen atoms in total. The third-order valence-electron chi connectivity index (χ3n) is 3.70. The topological polar surface area (TPSA) is 4.93 Å². The molecule has 4 aromatic rings. The Bertz CT molecular complexity index is 971. The fraction of sp³-hybridized carbons (Fsp3) is 0. The molecule has 0 amide bonds. The molecular weight excluding hydrogens is 329 g/mol. The molecule has 0 saturated carbocycles. The zero-order valence-corrected chi connectivity index (χ0v) is 12.6. The summed E-state index contributed by atoms with van der Waals surface area (Å²) in [5.74, 6) is -0.228. The third-order valence-corrected chi connectivity index (χ3v) is 4.20. The largest absolute Gasteiger partial charge is 0.309 e. The second kappa shape index (κ2) is 4.71. The van der Waals surface area contributed by atoms with Gasteiger partial charge in [-0.05, 0) is 36.4 Å². The van der Waals surface area contributed by atoms with Crippen LogP contribution in [0.15, 0.2) is 71.2 Å². The van der Waals surface area contributed by atoms with Crippen molar-refractivity contribution in [3.05, 3.63) is 77.0 Å². The van der Waals surface area contributed by atoms with Crippen molar-refractivity contribution >= 4 is 37.7 Å². The van der Waals surface area contributed by atoms with E-state index in [9.17, 15) is 4.39 Å². The van der Waals surface area contributed by atoms with Crippen LogP contribution in [0.4, 0.5) is 4.39 Å². The monoisotopic (exact) mass is 339 g/mol. The third kappa shape index (κ3) is 1.96. The van der Waals surface area contributed by atoms with Crippen molar-refractivity contribution < 1.29 is 4.39 Å². The smallest absolute Gasteiger partial charge is 0.125 e. The van der Waals surface area contributed by atoms with Gasteiger partial charge in [0.2, 0.25) is 0 Å². The fourth-order valence-corrected chi connectivity index (χ4v) is 3.19. The van der Waals surface area contributed by atoms with E-state index in [-0.39, 0.29) is 5.82 Å². The Morgan fingerprint density at radius 3 is 2.43 bits per heavy atom.